The van der Waals surface area contributed by atoms with Crippen molar-refractivity contribution >= 4 is 10.0 Å². The van der Waals surface area contributed by atoms with E-state index in [9.17, 15) is 13.5 Å². The number of aromatic nitrogens is 2. The van der Waals surface area contributed by atoms with Gasteiger partial charge in [0.05, 0.1) is 13.2 Å². The Morgan fingerprint density at radius 2 is 2.16 bits per heavy atom. The Labute approximate surface area is 110 Å². The lowest BCUT2D eigenvalue weighted by Gasteiger charge is -2.06. The first-order valence-electron chi connectivity index (χ1n) is 5.63. The number of imidazole rings is 1. The molecule has 0 saturated carbocycles. The molecule has 0 aliphatic carbocycles. The van der Waals surface area contributed by atoms with Gasteiger partial charge in [0, 0.05) is 18.0 Å². The summed E-state index contributed by atoms with van der Waals surface area (Å²) in [5.41, 5.74) is 0.282. The Kier molecular flexibility index (Phi) is 3.74. The van der Waals surface area contributed by atoms with E-state index in [1.165, 1.54) is 6.20 Å². The molecule has 0 radical (unpaired) electrons. The molecule has 0 atom stereocenters. The standard InChI is InChI=1S/C11H15N3O4S/c1-7-9(6-15)11(8(2)18-7)19(16,17)14-5-10-12-3-4-13-10/h3-4,14-15H,5-6H2,1-2H3,(H,12,13). The quantitative estimate of drug-likeness (QED) is 0.745. The number of aromatic amines is 1. The molecule has 2 aromatic rings. The maximum Gasteiger partial charge on any atom is 0.244 e. The molecule has 2 aromatic heterocycles. The number of hydrogen-bond donors (Lipinski definition) is 3. The van der Waals surface area contributed by atoms with Gasteiger partial charge in [0.1, 0.15) is 22.2 Å². The predicted molar refractivity (Wildman–Crippen MR) is 66.7 cm³/mol. The average Bonchev–Trinajstić information content (AvgIpc) is 2.94. The van der Waals surface area contributed by atoms with Crippen LogP contribution >= 0.6 is 0 Å². The molecule has 0 saturated heterocycles. The molecule has 2 heterocycles. The van der Waals surface area contributed by atoms with Crippen LogP contribution in [0.5, 0.6) is 0 Å². The zero-order chi connectivity index (χ0) is 14.0. The number of nitrogens with one attached hydrogen (secondary N) is 2. The summed E-state index contributed by atoms with van der Waals surface area (Å²) in [6.07, 6.45) is 3.14. The van der Waals surface area contributed by atoms with Gasteiger partial charge in [-0.15, -0.1) is 0 Å². The highest BCUT2D eigenvalue weighted by Crippen LogP contribution is 2.26. The summed E-state index contributed by atoms with van der Waals surface area (Å²) in [7, 11) is -3.75. The third-order valence-corrected chi connectivity index (χ3v) is 4.33. The molecular weight excluding hydrogens is 270 g/mol. The Bertz CT molecular complexity index is 658. The lowest BCUT2D eigenvalue weighted by molar-refractivity contribution is 0.276. The summed E-state index contributed by atoms with van der Waals surface area (Å²) in [5, 5.41) is 9.26. The molecule has 3 N–H and O–H groups in total. The molecule has 104 valence electrons. The van der Waals surface area contributed by atoms with Crippen molar-refractivity contribution in [3.8, 4) is 0 Å². The molecule has 0 aliphatic rings. The van der Waals surface area contributed by atoms with E-state index in [1.807, 2.05) is 0 Å². The number of hydrogen-bond acceptors (Lipinski definition) is 5. The van der Waals surface area contributed by atoms with E-state index < -0.39 is 10.0 Å². The van der Waals surface area contributed by atoms with Crippen LogP contribution in [0.2, 0.25) is 0 Å². The van der Waals surface area contributed by atoms with Crippen LogP contribution in [-0.4, -0.2) is 23.5 Å². The van der Waals surface area contributed by atoms with E-state index >= 15 is 0 Å². The minimum Gasteiger partial charge on any atom is -0.465 e. The minimum atomic E-state index is -3.75. The van der Waals surface area contributed by atoms with Gasteiger partial charge in [-0.2, -0.15) is 0 Å². The van der Waals surface area contributed by atoms with Gasteiger partial charge in [0.2, 0.25) is 10.0 Å². The average molecular weight is 285 g/mol. The van der Waals surface area contributed by atoms with Crippen molar-refractivity contribution in [3.05, 3.63) is 35.3 Å². The van der Waals surface area contributed by atoms with E-state index in [0.29, 0.717) is 11.6 Å². The number of aliphatic hydroxyl groups excluding tert-OH is 1. The number of sulfonamides is 1. The fourth-order valence-corrected chi connectivity index (χ4v) is 3.30. The highest BCUT2D eigenvalue weighted by Gasteiger charge is 2.26. The van der Waals surface area contributed by atoms with Gasteiger partial charge in [0.15, 0.2) is 0 Å². The van der Waals surface area contributed by atoms with E-state index in [-0.39, 0.29) is 29.4 Å². The third-order valence-electron chi connectivity index (χ3n) is 2.74. The predicted octanol–water partition coefficient (Wildman–Crippen LogP) is 0.590. The van der Waals surface area contributed by atoms with Gasteiger partial charge >= 0.3 is 0 Å². The fourth-order valence-electron chi connectivity index (χ4n) is 1.87. The zero-order valence-electron chi connectivity index (χ0n) is 10.6. The van der Waals surface area contributed by atoms with Crippen LogP contribution in [0, 0.1) is 13.8 Å². The minimum absolute atomic E-state index is 0.000874. The molecule has 7 nitrogen and oxygen atoms in total. The van der Waals surface area contributed by atoms with Crippen molar-refractivity contribution in [2.24, 2.45) is 0 Å². The molecule has 2 rings (SSSR count). The molecule has 19 heavy (non-hydrogen) atoms. The normalized spacial score (nSPS) is 11.9. The van der Waals surface area contributed by atoms with Crippen LogP contribution in [0.25, 0.3) is 0 Å². The second kappa shape index (κ2) is 5.16. The smallest absolute Gasteiger partial charge is 0.244 e. The highest BCUT2D eigenvalue weighted by atomic mass is 32.2. The maximum atomic E-state index is 12.2. The molecule has 0 amide bonds. The first kappa shape index (κ1) is 13.8. The largest absolute Gasteiger partial charge is 0.465 e. The van der Waals surface area contributed by atoms with Crippen LogP contribution < -0.4 is 4.72 Å². The zero-order valence-corrected chi connectivity index (χ0v) is 11.4. The van der Waals surface area contributed by atoms with Crippen LogP contribution in [0.4, 0.5) is 0 Å². The summed E-state index contributed by atoms with van der Waals surface area (Å²) in [6.45, 7) is 2.82. The van der Waals surface area contributed by atoms with E-state index in [2.05, 4.69) is 14.7 Å². The fraction of sp³-hybridized carbons (Fsp3) is 0.364. The van der Waals surface area contributed by atoms with Gasteiger partial charge in [-0.1, -0.05) is 0 Å². The maximum absolute atomic E-state index is 12.2. The van der Waals surface area contributed by atoms with Crippen molar-refractivity contribution in [2.75, 3.05) is 0 Å². The van der Waals surface area contributed by atoms with Crippen LogP contribution in [0.15, 0.2) is 21.7 Å². The third kappa shape index (κ3) is 2.70. The van der Waals surface area contributed by atoms with E-state index in [4.69, 9.17) is 4.42 Å². The second-order valence-electron chi connectivity index (χ2n) is 4.04. The van der Waals surface area contributed by atoms with Crippen molar-refractivity contribution in [2.45, 2.75) is 31.9 Å². The summed E-state index contributed by atoms with van der Waals surface area (Å²) in [5.74, 6) is 1.17. The Morgan fingerprint density at radius 1 is 1.42 bits per heavy atom. The number of H-pyrrole nitrogens is 1. The molecule has 8 heteroatoms. The number of nitrogens with zero attached hydrogens (tertiary/aromatic N) is 1. The monoisotopic (exact) mass is 285 g/mol. The van der Waals surface area contributed by atoms with E-state index in [0.717, 1.165) is 0 Å². The summed E-state index contributed by atoms with van der Waals surface area (Å²) in [4.78, 5) is 6.73. The first-order chi connectivity index (χ1) is 8.95. The Morgan fingerprint density at radius 3 is 2.74 bits per heavy atom. The molecule has 0 bridgehead atoms. The number of rotatable bonds is 5. The number of aliphatic hydroxyl groups is 1. The number of furan rings is 1. The van der Waals surface area contributed by atoms with E-state index in [1.54, 1.807) is 20.0 Å². The number of aryl methyl sites for hydroxylation is 2. The molecule has 0 fully saturated rings. The Hall–Kier alpha value is -1.64. The van der Waals surface area contributed by atoms with Gasteiger partial charge in [-0.05, 0) is 13.8 Å². The second-order valence-corrected chi connectivity index (χ2v) is 5.74. The van der Waals surface area contributed by atoms with Gasteiger partial charge in [-0.25, -0.2) is 18.1 Å². The van der Waals surface area contributed by atoms with Gasteiger partial charge < -0.3 is 14.5 Å². The van der Waals surface area contributed by atoms with Crippen molar-refractivity contribution in [1.29, 1.82) is 0 Å². The van der Waals surface area contributed by atoms with Gasteiger partial charge in [-0.3, -0.25) is 0 Å². The molecular formula is C11H15N3O4S. The molecule has 0 spiro atoms. The summed E-state index contributed by atoms with van der Waals surface area (Å²) >= 11 is 0. The molecule has 0 aliphatic heterocycles. The van der Waals surface area contributed by atoms with Crippen LogP contribution in [0.1, 0.15) is 22.9 Å². The summed E-state index contributed by atoms with van der Waals surface area (Å²) < 4.78 is 32.1. The lowest BCUT2D eigenvalue weighted by atomic mass is 10.2. The SMILES string of the molecule is Cc1oc(C)c(S(=O)(=O)NCc2ncc[nH]2)c1CO. The lowest BCUT2D eigenvalue weighted by Crippen LogP contribution is -2.25. The Balaban J connectivity index is 2.29. The molecule has 0 unspecified atom stereocenters. The summed E-state index contributed by atoms with van der Waals surface area (Å²) in [6, 6.07) is 0. The van der Waals surface area contributed by atoms with Crippen molar-refractivity contribution < 1.29 is 17.9 Å². The van der Waals surface area contributed by atoms with Crippen molar-refractivity contribution in [1.82, 2.24) is 14.7 Å². The highest BCUT2D eigenvalue weighted by molar-refractivity contribution is 7.89. The molecule has 0 aromatic carbocycles. The van der Waals surface area contributed by atoms with Crippen LogP contribution in [-0.2, 0) is 23.2 Å². The first-order valence-corrected chi connectivity index (χ1v) is 7.11. The topological polar surface area (TPSA) is 108 Å². The van der Waals surface area contributed by atoms with Gasteiger partial charge in [0.25, 0.3) is 0 Å². The van der Waals surface area contributed by atoms with Crippen LogP contribution in [0.3, 0.4) is 0 Å². The van der Waals surface area contributed by atoms with Crippen molar-refractivity contribution in [3.63, 3.8) is 0 Å².